The van der Waals surface area contributed by atoms with Gasteiger partial charge < -0.3 is 9.15 Å². The number of hydrogen-bond acceptors (Lipinski definition) is 3. The lowest BCUT2D eigenvalue weighted by molar-refractivity contribution is 0.210. The van der Waals surface area contributed by atoms with Gasteiger partial charge in [0, 0.05) is 21.8 Å². The Kier molecular flexibility index (Phi) is 3.33. The van der Waals surface area contributed by atoms with E-state index in [2.05, 4.69) is 42.5 Å². The number of ether oxygens (including phenoxy) is 1. The van der Waals surface area contributed by atoms with E-state index in [9.17, 15) is 4.79 Å². The van der Waals surface area contributed by atoms with E-state index in [-0.39, 0.29) is 12.8 Å². The van der Waals surface area contributed by atoms with Crippen molar-refractivity contribution in [1.82, 2.24) is 0 Å². The third-order valence-electron chi connectivity index (χ3n) is 7.14. The van der Waals surface area contributed by atoms with E-state index in [1.807, 2.05) is 54.6 Å². The summed E-state index contributed by atoms with van der Waals surface area (Å²) in [6, 6.07) is 32.6. The standard InChI is InChI=1S/C29H16BNO3/c32-29-31-21-14-6-5-13-20(21)30(17-9-2-1-3-10-17)26-25-18-11-4-7-15-22(18)33-28(25)19-12-8-16-23(34-29)24(19)27(26)31/h1-16H. The highest BCUT2D eigenvalue weighted by molar-refractivity contribution is 7.00. The molecular formula is C29H16BNO3. The highest BCUT2D eigenvalue weighted by Gasteiger charge is 2.43. The number of amides is 1. The average Bonchev–Trinajstić information content (AvgIpc) is 3.27. The first-order chi connectivity index (χ1) is 16.8. The zero-order valence-corrected chi connectivity index (χ0v) is 18.0. The number of rotatable bonds is 1. The van der Waals surface area contributed by atoms with Gasteiger partial charge in [-0.05, 0) is 29.1 Å². The van der Waals surface area contributed by atoms with Gasteiger partial charge in [0.25, 0.3) is 0 Å². The monoisotopic (exact) mass is 437 g/mol. The fourth-order valence-electron chi connectivity index (χ4n) is 5.85. The van der Waals surface area contributed by atoms with Gasteiger partial charge >= 0.3 is 6.09 Å². The molecule has 0 saturated heterocycles. The molecule has 1 amide bonds. The predicted octanol–water partition coefficient (Wildman–Crippen LogP) is 5.22. The van der Waals surface area contributed by atoms with Crippen LogP contribution in [0, 0.1) is 0 Å². The highest BCUT2D eigenvalue weighted by atomic mass is 16.6. The molecule has 5 aromatic carbocycles. The first kappa shape index (κ1) is 18.0. The first-order valence-electron chi connectivity index (χ1n) is 11.4. The summed E-state index contributed by atoms with van der Waals surface area (Å²) in [5.41, 5.74) is 6.75. The van der Waals surface area contributed by atoms with E-state index in [0.29, 0.717) is 5.75 Å². The Morgan fingerprint density at radius 2 is 1.47 bits per heavy atom. The zero-order chi connectivity index (χ0) is 22.4. The molecule has 0 aliphatic carbocycles. The van der Waals surface area contributed by atoms with Crippen molar-refractivity contribution in [1.29, 1.82) is 0 Å². The average molecular weight is 437 g/mol. The second-order valence-electron chi connectivity index (χ2n) is 8.85. The van der Waals surface area contributed by atoms with Crippen LogP contribution in [-0.4, -0.2) is 12.8 Å². The number of anilines is 2. The molecule has 2 aliphatic heterocycles. The second-order valence-corrected chi connectivity index (χ2v) is 8.85. The minimum atomic E-state index is -0.382. The van der Waals surface area contributed by atoms with Crippen LogP contribution in [0.3, 0.4) is 0 Å². The lowest BCUT2D eigenvalue weighted by atomic mass is 9.34. The molecule has 5 heteroatoms. The number of fused-ring (bicyclic) bond motifs is 7. The summed E-state index contributed by atoms with van der Waals surface area (Å²) < 4.78 is 12.3. The fourth-order valence-corrected chi connectivity index (χ4v) is 5.85. The maximum atomic E-state index is 13.4. The summed E-state index contributed by atoms with van der Waals surface area (Å²) in [6.45, 7) is -0.0597. The molecule has 0 bridgehead atoms. The molecule has 1 aromatic heterocycles. The van der Waals surface area contributed by atoms with Crippen LogP contribution in [0.2, 0.25) is 0 Å². The van der Waals surface area contributed by atoms with Gasteiger partial charge in [0.2, 0.25) is 6.71 Å². The molecule has 0 radical (unpaired) electrons. The van der Waals surface area contributed by atoms with Gasteiger partial charge in [0.15, 0.2) is 0 Å². The molecule has 4 nitrogen and oxygen atoms in total. The van der Waals surface area contributed by atoms with Gasteiger partial charge in [-0.15, -0.1) is 0 Å². The van der Waals surface area contributed by atoms with Crippen molar-refractivity contribution in [2.75, 3.05) is 4.90 Å². The minimum absolute atomic E-state index is 0.0597. The van der Waals surface area contributed by atoms with Crippen molar-refractivity contribution < 1.29 is 13.9 Å². The quantitative estimate of drug-likeness (QED) is 0.332. The summed E-state index contributed by atoms with van der Waals surface area (Å²) >= 11 is 0. The van der Waals surface area contributed by atoms with Crippen LogP contribution in [-0.2, 0) is 0 Å². The molecule has 0 fully saturated rings. The van der Waals surface area contributed by atoms with Gasteiger partial charge in [-0.25, -0.2) is 9.69 Å². The third kappa shape index (κ3) is 2.12. The van der Waals surface area contributed by atoms with E-state index < -0.39 is 0 Å². The molecular weight excluding hydrogens is 421 g/mol. The van der Waals surface area contributed by atoms with E-state index in [0.717, 1.165) is 55.0 Å². The summed E-state index contributed by atoms with van der Waals surface area (Å²) in [5.74, 6) is 0.573. The minimum Gasteiger partial charge on any atom is -0.455 e. The lowest BCUT2D eigenvalue weighted by Gasteiger charge is -2.38. The van der Waals surface area contributed by atoms with Crippen LogP contribution in [0.4, 0.5) is 16.2 Å². The van der Waals surface area contributed by atoms with Gasteiger partial charge in [0.1, 0.15) is 16.9 Å². The van der Waals surface area contributed by atoms with E-state index in [1.165, 1.54) is 5.46 Å². The second kappa shape index (κ2) is 6.30. The Morgan fingerprint density at radius 3 is 2.38 bits per heavy atom. The third-order valence-corrected chi connectivity index (χ3v) is 7.14. The number of carbonyl (C=O) groups excluding carboxylic acids is 1. The van der Waals surface area contributed by atoms with Crippen molar-refractivity contribution >= 4 is 73.3 Å². The number of hydrogen-bond donors (Lipinski definition) is 0. The topological polar surface area (TPSA) is 42.7 Å². The van der Waals surface area contributed by atoms with Crippen LogP contribution in [0.15, 0.2) is 101 Å². The number of carbonyl (C=O) groups is 1. The van der Waals surface area contributed by atoms with Crippen molar-refractivity contribution in [3.05, 3.63) is 97.1 Å². The van der Waals surface area contributed by atoms with Gasteiger partial charge in [-0.2, -0.15) is 0 Å². The molecule has 2 aliphatic rings. The molecule has 0 atom stereocenters. The van der Waals surface area contributed by atoms with Crippen molar-refractivity contribution in [3.63, 3.8) is 0 Å². The Bertz CT molecular complexity index is 1820. The summed E-state index contributed by atoms with van der Waals surface area (Å²) in [5, 5.41) is 3.97. The number of benzene rings is 5. The molecule has 0 saturated carbocycles. The van der Waals surface area contributed by atoms with Crippen molar-refractivity contribution in [2.45, 2.75) is 0 Å². The smallest absolute Gasteiger partial charge is 0.424 e. The first-order valence-corrected chi connectivity index (χ1v) is 11.4. The highest BCUT2D eigenvalue weighted by Crippen LogP contribution is 2.47. The molecule has 34 heavy (non-hydrogen) atoms. The summed E-state index contributed by atoms with van der Waals surface area (Å²) in [4.78, 5) is 15.2. The molecule has 158 valence electrons. The maximum Gasteiger partial charge on any atom is 0.424 e. The lowest BCUT2D eigenvalue weighted by Crippen LogP contribution is -2.59. The molecule has 3 heterocycles. The van der Waals surface area contributed by atoms with Gasteiger partial charge in [-0.3, -0.25) is 0 Å². The van der Waals surface area contributed by atoms with Crippen molar-refractivity contribution in [3.8, 4) is 5.75 Å². The largest absolute Gasteiger partial charge is 0.455 e. The molecule has 0 N–H and O–H groups in total. The molecule has 8 rings (SSSR count). The normalized spacial score (nSPS) is 14.1. The van der Waals surface area contributed by atoms with Crippen LogP contribution >= 0.6 is 0 Å². The molecule has 6 aromatic rings. The number of para-hydroxylation sites is 2. The van der Waals surface area contributed by atoms with Crippen LogP contribution < -0.4 is 26.0 Å². The van der Waals surface area contributed by atoms with E-state index in [4.69, 9.17) is 9.15 Å². The van der Waals surface area contributed by atoms with Gasteiger partial charge in [0.05, 0.1) is 11.1 Å². The summed E-state index contributed by atoms with van der Waals surface area (Å²) in [6.07, 6.45) is -0.382. The fraction of sp³-hybridized carbons (Fsp3) is 0. The number of nitrogens with zero attached hydrogens (tertiary/aromatic N) is 1. The Hall–Kier alpha value is -4.51. The Morgan fingerprint density at radius 1 is 0.706 bits per heavy atom. The van der Waals surface area contributed by atoms with Crippen LogP contribution in [0.5, 0.6) is 5.75 Å². The van der Waals surface area contributed by atoms with Crippen LogP contribution in [0.25, 0.3) is 32.7 Å². The number of furan rings is 1. The van der Waals surface area contributed by atoms with Crippen LogP contribution in [0.1, 0.15) is 0 Å². The Balaban J connectivity index is 1.68. The van der Waals surface area contributed by atoms with E-state index in [1.54, 1.807) is 4.90 Å². The molecule has 0 unspecified atom stereocenters. The molecule has 0 spiro atoms. The van der Waals surface area contributed by atoms with E-state index >= 15 is 0 Å². The zero-order valence-electron chi connectivity index (χ0n) is 18.0. The van der Waals surface area contributed by atoms with Crippen molar-refractivity contribution in [2.24, 2.45) is 0 Å². The summed E-state index contributed by atoms with van der Waals surface area (Å²) in [7, 11) is 0. The maximum absolute atomic E-state index is 13.4. The van der Waals surface area contributed by atoms with Gasteiger partial charge in [-0.1, -0.05) is 84.3 Å². The predicted molar refractivity (Wildman–Crippen MR) is 137 cm³/mol. The Labute approximate surface area is 195 Å². The SMILES string of the molecule is O=C1Oc2cccc3c2c2c(c4c5ccccc5oc34)B(c3ccccc3)c3ccccc3N12.